The van der Waals surface area contributed by atoms with E-state index < -0.39 is 53.3 Å². The SMILES string of the molecule is COc1c([C@H]2[C@H](OC(=O)c3ccc(C(C)(C)C)cc3)O[C@@](C)(C(F)(F)F)[C@H]2C)ccc(F)c1F. The lowest BCUT2D eigenvalue weighted by molar-refractivity contribution is -0.291. The van der Waals surface area contributed by atoms with Gasteiger partial charge in [-0.15, -0.1) is 0 Å². The van der Waals surface area contributed by atoms with Gasteiger partial charge in [0.15, 0.2) is 17.2 Å². The molecule has 1 heterocycles. The zero-order valence-corrected chi connectivity index (χ0v) is 19.7. The Balaban J connectivity index is 2.02. The van der Waals surface area contributed by atoms with E-state index in [0.717, 1.165) is 31.7 Å². The molecule has 2 aromatic carbocycles. The van der Waals surface area contributed by atoms with E-state index in [1.807, 2.05) is 20.8 Å². The van der Waals surface area contributed by atoms with E-state index in [2.05, 4.69) is 0 Å². The lowest BCUT2D eigenvalue weighted by atomic mass is 9.79. The van der Waals surface area contributed by atoms with Crippen LogP contribution in [0.2, 0.25) is 0 Å². The van der Waals surface area contributed by atoms with Gasteiger partial charge >= 0.3 is 12.1 Å². The van der Waals surface area contributed by atoms with E-state index >= 15 is 0 Å². The third-order valence-electron chi connectivity index (χ3n) is 6.48. The Morgan fingerprint density at radius 1 is 1.03 bits per heavy atom. The van der Waals surface area contributed by atoms with Crippen molar-refractivity contribution in [1.29, 1.82) is 0 Å². The molecule has 1 aliphatic heterocycles. The number of alkyl halides is 3. The van der Waals surface area contributed by atoms with Crippen molar-refractivity contribution in [2.24, 2.45) is 5.92 Å². The number of hydrogen-bond acceptors (Lipinski definition) is 4. The van der Waals surface area contributed by atoms with Crippen LogP contribution in [-0.4, -0.2) is 31.1 Å². The molecule has 4 nitrogen and oxygen atoms in total. The van der Waals surface area contributed by atoms with Gasteiger partial charge in [0.05, 0.1) is 18.6 Å². The van der Waals surface area contributed by atoms with Crippen molar-refractivity contribution in [1.82, 2.24) is 0 Å². The Kier molecular flexibility index (Phi) is 6.74. The monoisotopic (exact) mass is 486 g/mol. The summed E-state index contributed by atoms with van der Waals surface area (Å²) in [7, 11) is 1.07. The first-order chi connectivity index (χ1) is 15.6. The summed E-state index contributed by atoms with van der Waals surface area (Å²) < 4.78 is 85.7. The summed E-state index contributed by atoms with van der Waals surface area (Å²) in [4.78, 5) is 12.8. The maximum absolute atomic E-state index is 14.4. The largest absolute Gasteiger partial charge is 0.493 e. The molecule has 2 aromatic rings. The van der Waals surface area contributed by atoms with E-state index in [9.17, 15) is 26.7 Å². The maximum atomic E-state index is 14.4. The Labute approximate surface area is 195 Å². The number of benzene rings is 2. The molecular weight excluding hydrogens is 459 g/mol. The van der Waals surface area contributed by atoms with Crippen LogP contribution in [0.25, 0.3) is 0 Å². The second-order valence-corrected chi connectivity index (χ2v) is 9.62. The van der Waals surface area contributed by atoms with Crippen LogP contribution >= 0.6 is 0 Å². The Hall–Kier alpha value is -2.68. The molecule has 0 spiro atoms. The molecule has 1 fully saturated rings. The summed E-state index contributed by atoms with van der Waals surface area (Å²) in [6, 6.07) is 8.37. The van der Waals surface area contributed by atoms with Gasteiger partial charge in [0.25, 0.3) is 0 Å². The fourth-order valence-electron chi connectivity index (χ4n) is 4.14. The summed E-state index contributed by atoms with van der Waals surface area (Å²) in [5.41, 5.74) is -1.92. The molecule has 0 amide bonds. The molecule has 1 aliphatic rings. The van der Waals surface area contributed by atoms with Crippen molar-refractivity contribution in [3.8, 4) is 5.75 Å². The third kappa shape index (κ3) is 4.50. The van der Waals surface area contributed by atoms with Gasteiger partial charge in [0, 0.05) is 11.5 Å². The number of hydrogen-bond donors (Lipinski definition) is 0. The highest BCUT2D eigenvalue weighted by Crippen LogP contribution is 2.55. The molecule has 1 saturated heterocycles. The number of rotatable bonds is 4. The molecule has 186 valence electrons. The molecule has 4 atom stereocenters. The topological polar surface area (TPSA) is 44.8 Å². The normalized spacial score (nSPS) is 25.3. The number of carbonyl (C=O) groups is 1. The van der Waals surface area contributed by atoms with E-state index in [-0.39, 0.29) is 16.5 Å². The van der Waals surface area contributed by atoms with Gasteiger partial charge in [-0.05, 0) is 36.1 Å². The van der Waals surface area contributed by atoms with Crippen LogP contribution in [0.4, 0.5) is 22.0 Å². The van der Waals surface area contributed by atoms with Gasteiger partial charge in [0.2, 0.25) is 12.1 Å². The highest BCUT2D eigenvalue weighted by atomic mass is 19.4. The summed E-state index contributed by atoms with van der Waals surface area (Å²) >= 11 is 0. The Morgan fingerprint density at radius 3 is 2.12 bits per heavy atom. The quantitative estimate of drug-likeness (QED) is 0.364. The molecule has 9 heteroatoms. The molecule has 0 unspecified atom stereocenters. The zero-order valence-electron chi connectivity index (χ0n) is 19.7. The Bertz CT molecular complexity index is 1060. The van der Waals surface area contributed by atoms with Crippen LogP contribution in [0.3, 0.4) is 0 Å². The maximum Gasteiger partial charge on any atom is 0.417 e. The van der Waals surface area contributed by atoms with Crippen LogP contribution in [0.15, 0.2) is 36.4 Å². The lowest BCUT2D eigenvalue weighted by Crippen LogP contribution is -2.47. The highest BCUT2D eigenvalue weighted by molar-refractivity contribution is 5.89. The third-order valence-corrected chi connectivity index (χ3v) is 6.48. The van der Waals surface area contributed by atoms with Gasteiger partial charge in [-0.2, -0.15) is 17.6 Å². The van der Waals surface area contributed by atoms with Gasteiger partial charge in [-0.3, -0.25) is 0 Å². The lowest BCUT2D eigenvalue weighted by Gasteiger charge is -2.31. The fourth-order valence-corrected chi connectivity index (χ4v) is 4.14. The van der Waals surface area contributed by atoms with Crippen molar-refractivity contribution in [3.63, 3.8) is 0 Å². The summed E-state index contributed by atoms with van der Waals surface area (Å²) in [6.07, 6.45) is -6.55. The number of methoxy groups -OCH3 is 1. The Morgan fingerprint density at radius 2 is 1.62 bits per heavy atom. The van der Waals surface area contributed by atoms with Crippen molar-refractivity contribution >= 4 is 5.97 Å². The molecule has 0 saturated carbocycles. The number of carbonyl (C=O) groups excluding carboxylic acids is 1. The van der Waals surface area contributed by atoms with Crippen LogP contribution in [-0.2, 0) is 14.9 Å². The first-order valence-electron chi connectivity index (χ1n) is 10.7. The standard InChI is InChI=1S/C25H27F5O4/c1-13-18(16-11-12-17(26)19(27)20(16)32-6)22(34-24(13,5)25(28,29)30)33-21(31)14-7-9-15(10-8-14)23(2,3)4/h7-13,18,22H,1-6H3/t13-,18-,22+,24+/m0/s1. The number of esters is 1. The molecular formula is C25H27F5O4. The predicted octanol–water partition coefficient (Wildman–Crippen LogP) is 6.52. The van der Waals surface area contributed by atoms with E-state index in [4.69, 9.17) is 14.2 Å². The van der Waals surface area contributed by atoms with Crippen LogP contribution in [0.5, 0.6) is 5.75 Å². The van der Waals surface area contributed by atoms with Crippen molar-refractivity contribution < 1.29 is 41.0 Å². The van der Waals surface area contributed by atoms with E-state index in [1.54, 1.807) is 12.1 Å². The summed E-state index contributed by atoms with van der Waals surface area (Å²) in [5, 5.41) is 0. The second kappa shape index (κ2) is 8.83. The minimum atomic E-state index is -4.83. The molecule has 0 N–H and O–H groups in total. The van der Waals surface area contributed by atoms with Crippen LogP contribution < -0.4 is 4.74 Å². The number of ether oxygens (including phenoxy) is 3. The highest BCUT2D eigenvalue weighted by Gasteiger charge is 2.65. The molecule has 0 aliphatic carbocycles. The summed E-state index contributed by atoms with van der Waals surface area (Å²) in [5.74, 6) is -6.66. The van der Waals surface area contributed by atoms with Crippen LogP contribution in [0.1, 0.15) is 62.0 Å². The predicted molar refractivity (Wildman–Crippen MR) is 115 cm³/mol. The van der Waals surface area contributed by atoms with E-state index in [0.29, 0.717) is 0 Å². The average Bonchev–Trinajstić information content (AvgIpc) is 3.00. The molecule has 3 rings (SSSR count). The molecule has 34 heavy (non-hydrogen) atoms. The fraction of sp³-hybridized carbons (Fsp3) is 0.480. The number of halogens is 5. The van der Waals surface area contributed by atoms with Gasteiger partial charge in [0.1, 0.15) is 0 Å². The van der Waals surface area contributed by atoms with Crippen molar-refractivity contribution in [2.75, 3.05) is 7.11 Å². The van der Waals surface area contributed by atoms with E-state index in [1.165, 1.54) is 19.1 Å². The zero-order chi connectivity index (χ0) is 25.6. The minimum Gasteiger partial charge on any atom is -0.493 e. The molecule has 0 bridgehead atoms. The first kappa shape index (κ1) is 25.9. The van der Waals surface area contributed by atoms with Crippen LogP contribution in [0, 0.1) is 17.6 Å². The smallest absolute Gasteiger partial charge is 0.417 e. The minimum absolute atomic E-state index is 0.0947. The summed E-state index contributed by atoms with van der Waals surface area (Å²) in [6.45, 7) is 8.07. The molecule has 0 aromatic heterocycles. The van der Waals surface area contributed by atoms with Gasteiger partial charge in [-0.1, -0.05) is 45.9 Å². The second-order valence-electron chi connectivity index (χ2n) is 9.62. The van der Waals surface area contributed by atoms with Crippen molar-refractivity contribution in [2.45, 2.75) is 64.0 Å². The van der Waals surface area contributed by atoms with Gasteiger partial charge < -0.3 is 14.2 Å². The molecule has 0 radical (unpaired) electrons. The first-order valence-corrected chi connectivity index (χ1v) is 10.7. The average molecular weight is 486 g/mol. The van der Waals surface area contributed by atoms with Crippen molar-refractivity contribution in [3.05, 3.63) is 64.7 Å². The van der Waals surface area contributed by atoms with Gasteiger partial charge in [-0.25, -0.2) is 9.18 Å².